The van der Waals surface area contributed by atoms with Crippen molar-refractivity contribution in [3.05, 3.63) is 70.3 Å². The fraction of sp³-hybridized carbons (Fsp3) is 0.364. The Morgan fingerprint density at radius 3 is 2.15 bits per heavy atom. The van der Waals surface area contributed by atoms with E-state index in [1.54, 1.807) is 0 Å². The first-order valence-electron chi connectivity index (χ1n) is 9.90. The van der Waals surface area contributed by atoms with E-state index in [2.05, 4.69) is 5.32 Å². The number of fused-ring (bicyclic) bond motifs is 1. The maximum absolute atomic E-state index is 13.4. The summed E-state index contributed by atoms with van der Waals surface area (Å²) in [6.07, 6.45) is -9.96. The Bertz CT molecular complexity index is 1020. The number of carbonyl (C=O) groups excluding carboxylic acids is 2. The Morgan fingerprint density at radius 2 is 1.61 bits per heavy atom. The lowest BCUT2D eigenvalue weighted by atomic mass is 9.78. The summed E-state index contributed by atoms with van der Waals surface area (Å²) in [4.78, 5) is 26.9. The van der Waals surface area contributed by atoms with E-state index in [1.165, 1.54) is 31.3 Å². The lowest BCUT2D eigenvalue weighted by Gasteiger charge is -2.40. The fourth-order valence-electron chi connectivity index (χ4n) is 3.92. The minimum Gasteiger partial charge on any atom is -0.396 e. The molecule has 11 heteroatoms. The molecule has 0 spiro atoms. The Hall–Kier alpha value is -3.08. The zero-order valence-corrected chi connectivity index (χ0v) is 17.3. The molecule has 2 atom stereocenters. The van der Waals surface area contributed by atoms with Gasteiger partial charge < -0.3 is 15.3 Å². The molecule has 5 nitrogen and oxygen atoms in total. The lowest BCUT2D eigenvalue weighted by molar-refractivity contribution is -0.143. The third-order valence-electron chi connectivity index (χ3n) is 5.45. The van der Waals surface area contributed by atoms with Gasteiger partial charge in [0.05, 0.1) is 23.1 Å². The molecular weight excluding hydrogens is 454 g/mol. The number of alkyl halides is 6. The van der Waals surface area contributed by atoms with Crippen molar-refractivity contribution in [1.82, 2.24) is 10.2 Å². The van der Waals surface area contributed by atoms with Crippen LogP contribution in [0.2, 0.25) is 0 Å². The Labute approximate surface area is 185 Å². The third kappa shape index (κ3) is 4.97. The molecule has 0 bridgehead atoms. The quantitative estimate of drug-likeness (QED) is 0.506. The number of hydrogen-bond acceptors (Lipinski definition) is 3. The topological polar surface area (TPSA) is 69.6 Å². The molecule has 0 radical (unpaired) electrons. The summed E-state index contributed by atoms with van der Waals surface area (Å²) in [5.41, 5.74) is -3.22. The van der Waals surface area contributed by atoms with E-state index >= 15 is 0 Å². The summed E-state index contributed by atoms with van der Waals surface area (Å²) in [5, 5.41) is 11.5. The van der Waals surface area contributed by atoms with Gasteiger partial charge in [0.25, 0.3) is 5.91 Å². The van der Waals surface area contributed by atoms with E-state index in [0.29, 0.717) is 12.1 Å². The fourth-order valence-corrected chi connectivity index (χ4v) is 3.92. The van der Waals surface area contributed by atoms with Crippen LogP contribution in [-0.4, -0.2) is 42.0 Å². The SMILES string of the molecule is CN1C(=O)c2ccccc2[C@@H](C(=O)NCCCO)[C@@H]1c1cc(C(F)(F)F)cc(C(F)(F)F)c1. The van der Waals surface area contributed by atoms with E-state index < -0.39 is 52.8 Å². The summed E-state index contributed by atoms with van der Waals surface area (Å²) in [7, 11) is 1.23. The second kappa shape index (κ2) is 9.05. The van der Waals surface area contributed by atoms with E-state index in [-0.39, 0.29) is 36.8 Å². The largest absolute Gasteiger partial charge is 0.416 e. The highest BCUT2D eigenvalue weighted by atomic mass is 19.4. The van der Waals surface area contributed by atoms with Crippen LogP contribution >= 0.6 is 0 Å². The smallest absolute Gasteiger partial charge is 0.396 e. The highest BCUT2D eigenvalue weighted by Gasteiger charge is 2.45. The number of benzene rings is 2. The van der Waals surface area contributed by atoms with Crippen LogP contribution in [0.1, 0.15) is 51.0 Å². The van der Waals surface area contributed by atoms with Crippen LogP contribution in [0.4, 0.5) is 26.3 Å². The molecule has 3 rings (SSSR count). The number of likely N-dealkylation sites (N-methyl/N-ethyl adjacent to an activating group) is 1. The van der Waals surface area contributed by atoms with Gasteiger partial charge in [0.15, 0.2) is 0 Å². The Morgan fingerprint density at radius 1 is 1.03 bits per heavy atom. The van der Waals surface area contributed by atoms with Crippen LogP contribution in [0.3, 0.4) is 0 Å². The van der Waals surface area contributed by atoms with E-state index in [1.807, 2.05) is 0 Å². The van der Waals surface area contributed by atoms with Gasteiger partial charge >= 0.3 is 12.4 Å². The third-order valence-corrected chi connectivity index (χ3v) is 5.45. The molecule has 33 heavy (non-hydrogen) atoms. The van der Waals surface area contributed by atoms with Gasteiger partial charge in [0.2, 0.25) is 5.91 Å². The van der Waals surface area contributed by atoms with Gasteiger partial charge in [-0.2, -0.15) is 26.3 Å². The number of nitrogens with one attached hydrogen (secondary N) is 1. The van der Waals surface area contributed by atoms with Gasteiger partial charge in [-0.3, -0.25) is 9.59 Å². The lowest BCUT2D eigenvalue weighted by Crippen LogP contribution is -2.46. The number of halogens is 6. The zero-order chi connectivity index (χ0) is 24.6. The predicted molar refractivity (Wildman–Crippen MR) is 105 cm³/mol. The molecule has 178 valence electrons. The van der Waals surface area contributed by atoms with Crippen molar-refractivity contribution in [1.29, 1.82) is 0 Å². The summed E-state index contributed by atoms with van der Waals surface area (Å²) in [6.45, 7) is -0.194. The van der Waals surface area contributed by atoms with Crippen molar-refractivity contribution < 1.29 is 41.0 Å². The number of aliphatic hydroxyl groups excluding tert-OH is 1. The van der Waals surface area contributed by atoms with Crippen molar-refractivity contribution in [3.8, 4) is 0 Å². The summed E-state index contributed by atoms with van der Waals surface area (Å²) < 4.78 is 80.6. The first-order chi connectivity index (χ1) is 15.4. The first kappa shape index (κ1) is 24.6. The maximum Gasteiger partial charge on any atom is 0.416 e. The molecule has 2 amide bonds. The summed E-state index contributed by atoms with van der Waals surface area (Å²) in [5.74, 6) is -2.60. The van der Waals surface area contributed by atoms with Crippen LogP contribution in [0.5, 0.6) is 0 Å². The molecule has 0 saturated heterocycles. The predicted octanol–water partition coefficient (Wildman–Crippen LogP) is 4.13. The number of hydrogen-bond donors (Lipinski definition) is 2. The second-order valence-electron chi connectivity index (χ2n) is 7.63. The zero-order valence-electron chi connectivity index (χ0n) is 17.3. The number of amides is 2. The molecule has 0 fully saturated rings. The molecule has 1 aliphatic heterocycles. The van der Waals surface area contributed by atoms with Crippen molar-refractivity contribution in [2.75, 3.05) is 20.2 Å². The highest BCUT2D eigenvalue weighted by Crippen LogP contribution is 2.45. The van der Waals surface area contributed by atoms with Crippen LogP contribution in [0.25, 0.3) is 0 Å². The normalized spacial score (nSPS) is 18.8. The van der Waals surface area contributed by atoms with Crippen molar-refractivity contribution in [2.45, 2.75) is 30.7 Å². The van der Waals surface area contributed by atoms with Crippen LogP contribution in [0.15, 0.2) is 42.5 Å². The van der Waals surface area contributed by atoms with Crippen molar-refractivity contribution in [2.24, 2.45) is 0 Å². The number of rotatable bonds is 5. The molecule has 2 aromatic carbocycles. The van der Waals surface area contributed by atoms with Crippen LogP contribution in [0, 0.1) is 0 Å². The van der Waals surface area contributed by atoms with Crippen molar-refractivity contribution in [3.63, 3.8) is 0 Å². The second-order valence-corrected chi connectivity index (χ2v) is 7.63. The molecular formula is C22H20F6N2O3. The molecule has 2 N–H and O–H groups in total. The monoisotopic (exact) mass is 474 g/mol. The molecule has 0 saturated carbocycles. The van der Waals surface area contributed by atoms with Gasteiger partial charge in [-0.15, -0.1) is 0 Å². The summed E-state index contributed by atoms with van der Waals surface area (Å²) in [6, 6.07) is 5.58. The standard InChI is InChI=1S/C22H20F6N2O3/c1-30-18(12-9-13(21(23,24)25)11-14(10-12)22(26,27)28)17(19(32)29-7-4-8-31)15-5-2-3-6-16(15)20(30)33/h2-3,5-6,9-11,17-18,31H,4,7-8H2,1H3,(H,29,32)/t17-,18+/m1/s1. The molecule has 2 aromatic rings. The summed E-state index contributed by atoms with van der Waals surface area (Å²) >= 11 is 0. The van der Waals surface area contributed by atoms with Crippen LogP contribution in [-0.2, 0) is 17.1 Å². The number of carbonyl (C=O) groups is 2. The van der Waals surface area contributed by atoms with E-state index in [9.17, 15) is 35.9 Å². The average Bonchev–Trinajstić information content (AvgIpc) is 2.74. The van der Waals surface area contributed by atoms with Gasteiger partial charge in [-0.25, -0.2) is 0 Å². The molecule has 0 aromatic heterocycles. The molecule has 1 aliphatic rings. The van der Waals surface area contributed by atoms with Gasteiger partial charge in [-0.05, 0) is 41.8 Å². The Kier molecular flexibility index (Phi) is 6.73. The van der Waals surface area contributed by atoms with E-state index in [4.69, 9.17) is 5.11 Å². The van der Waals surface area contributed by atoms with Crippen LogP contribution < -0.4 is 5.32 Å². The van der Waals surface area contributed by atoms with Crippen molar-refractivity contribution >= 4 is 11.8 Å². The van der Waals surface area contributed by atoms with Gasteiger partial charge in [-0.1, -0.05) is 18.2 Å². The first-order valence-corrected chi connectivity index (χ1v) is 9.90. The minimum absolute atomic E-state index is 0.00157. The average molecular weight is 474 g/mol. The van der Waals surface area contributed by atoms with Gasteiger partial charge in [0.1, 0.15) is 0 Å². The Balaban J connectivity index is 2.22. The maximum atomic E-state index is 13.4. The molecule has 0 aliphatic carbocycles. The van der Waals surface area contributed by atoms with Gasteiger partial charge in [0, 0.05) is 25.8 Å². The highest BCUT2D eigenvalue weighted by molar-refractivity contribution is 6.01. The van der Waals surface area contributed by atoms with E-state index in [0.717, 1.165) is 4.90 Å². The molecule has 0 unspecified atom stereocenters. The molecule has 1 heterocycles. The number of nitrogens with zero attached hydrogens (tertiary/aromatic N) is 1. The number of aliphatic hydroxyl groups is 1. The minimum atomic E-state index is -5.08.